The van der Waals surface area contributed by atoms with Crippen molar-refractivity contribution in [2.45, 2.75) is 20.0 Å². The van der Waals surface area contributed by atoms with Crippen molar-refractivity contribution in [1.29, 1.82) is 0 Å². The maximum absolute atomic E-state index is 10.9. The number of hydrogen-bond acceptors (Lipinski definition) is 2. The molecule has 10 heavy (non-hydrogen) atoms. The van der Waals surface area contributed by atoms with Crippen molar-refractivity contribution in [3.05, 3.63) is 23.3 Å². The Labute approximate surface area is 59.9 Å². The van der Waals surface area contributed by atoms with Crippen LogP contribution in [0.15, 0.2) is 23.3 Å². The summed E-state index contributed by atoms with van der Waals surface area (Å²) >= 11 is 0. The molecule has 0 spiro atoms. The van der Waals surface area contributed by atoms with Gasteiger partial charge >= 0.3 is 0 Å². The molecule has 0 aromatic carbocycles. The second-order valence-electron chi connectivity index (χ2n) is 2.48. The first kappa shape index (κ1) is 7.22. The Kier molecular flexibility index (Phi) is 1.72. The number of hydrogen-bond donors (Lipinski definition) is 1. The minimum absolute atomic E-state index is 0.00259. The molecule has 1 unspecified atom stereocenters. The van der Waals surface area contributed by atoms with Gasteiger partial charge in [0, 0.05) is 0 Å². The molecule has 0 saturated carbocycles. The van der Waals surface area contributed by atoms with Crippen molar-refractivity contribution in [1.82, 2.24) is 0 Å². The average Bonchev–Trinajstić information content (AvgIpc) is 1.93. The van der Waals surface area contributed by atoms with Gasteiger partial charge in [0.25, 0.3) is 0 Å². The van der Waals surface area contributed by atoms with E-state index in [0.717, 1.165) is 5.57 Å². The van der Waals surface area contributed by atoms with E-state index in [0.29, 0.717) is 5.57 Å². The largest absolute Gasteiger partial charge is 0.385 e. The Morgan fingerprint density at radius 3 is 2.60 bits per heavy atom. The molecule has 0 bridgehead atoms. The van der Waals surface area contributed by atoms with Crippen molar-refractivity contribution in [2.24, 2.45) is 0 Å². The molecule has 2 nitrogen and oxygen atoms in total. The van der Waals surface area contributed by atoms with E-state index in [1.807, 2.05) is 0 Å². The van der Waals surface area contributed by atoms with Gasteiger partial charge < -0.3 is 5.11 Å². The summed E-state index contributed by atoms with van der Waals surface area (Å²) in [5.74, 6) is 0.00259. The predicted molar refractivity (Wildman–Crippen MR) is 38.5 cm³/mol. The Bertz CT molecular complexity index is 223. The summed E-state index contributed by atoms with van der Waals surface area (Å²) in [6.07, 6.45) is 2.36. The van der Waals surface area contributed by atoms with Crippen LogP contribution in [0.2, 0.25) is 0 Å². The molecule has 0 saturated heterocycles. The highest BCUT2D eigenvalue weighted by Crippen LogP contribution is 2.15. The predicted octanol–water partition coefficient (Wildman–Crippen LogP) is 0.823. The SMILES string of the molecule is CC1=C(C)C(O)C=CC1=O. The molecule has 1 rings (SSSR count). The summed E-state index contributed by atoms with van der Waals surface area (Å²) in [5, 5.41) is 9.17. The second-order valence-corrected chi connectivity index (χ2v) is 2.48. The van der Waals surface area contributed by atoms with Gasteiger partial charge in [-0.25, -0.2) is 0 Å². The van der Waals surface area contributed by atoms with Crippen molar-refractivity contribution < 1.29 is 9.90 Å². The zero-order chi connectivity index (χ0) is 7.72. The molecule has 1 N–H and O–H groups in total. The number of carbonyl (C=O) groups excluding carboxylic acids is 1. The van der Waals surface area contributed by atoms with Crippen LogP contribution in [0.4, 0.5) is 0 Å². The zero-order valence-corrected chi connectivity index (χ0v) is 6.09. The van der Waals surface area contributed by atoms with Crippen LogP contribution in [-0.2, 0) is 4.79 Å². The average molecular weight is 138 g/mol. The van der Waals surface area contributed by atoms with Crippen LogP contribution in [0.1, 0.15) is 13.8 Å². The van der Waals surface area contributed by atoms with E-state index in [9.17, 15) is 4.79 Å². The summed E-state index contributed by atoms with van der Waals surface area (Å²) in [7, 11) is 0. The molecule has 1 atom stereocenters. The van der Waals surface area contributed by atoms with E-state index >= 15 is 0 Å². The highest BCUT2D eigenvalue weighted by Gasteiger charge is 2.14. The fourth-order valence-corrected chi connectivity index (χ4v) is 0.864. The van der Waals surface area contributed by atoms with Gasteiger partial charge in [-0.2, -0.15) is 0 Å². The topological polar surface area (TPSA) is 37.3 Å². The third kappa shape index (κ3) is 1.02. The molecule has 2 heteroatoms. The molecule has 1 aliphatic rings. The fourth-order valence-electron chi connectivity index (χ4n) is 0.864. The number of allylic oxidation sites excluding steroid dienone is 2. The number of aliphatic hydroxyl groups is 1. The first-order chi connectivity index (χ1) is 4.63. The summed E-state index contributed by atoms with van der Waals surface area (Å²) in [5.41, 5.74) is 1.42. The minimum atomic E-state index is -0.558. The molecule has 0 fully saturated rings. The highest BCUT2D eigenvalue weighted by atomic mass is 16.3. The molecule has 0 radical (unpaired) electrons. The van der Waals surface area contributed by atoms with E-state index in [4.69, 9.17) is 5.11 Å². The van der Waals surface area contributed by atoms with E-state index in [-0.39, 0.29) is 5.78 Å². The summed E-state index contributed by atoms with van der Waals surface area (Å²) < 4.78 is 0. The normalized spacial score (nSPS) is 25.9. The van der Waals surface area contributed by atoms with Gasteiger partial charge in [0.2, 0.25) is 0 Å². The lowest BCUT2D eigenvalue weighted by Crippen LogP contribution is -2.14. The van der Waals surface area contributed by atoms with E-state index in [2.05, 4.69) is 0 Å². The lowest BCUT2D eigenvalue weighted by atomic mass is 9.97. The first-order valence-electron chi connectivity index (χ1n) is 3.21. The molecule has 0 aliphatic heterocycles. The van der Waals surface area contributed by atoms with Crippen LogP contribution >= 0.6 is 0 Å². The smallest absolute Gasteiger partial charge is 0.181 e. The Morgan fingerprint density at radius 1 is 1.50 bits per heavy atom. The molecule has 0 heterocycles. The lowest BCUT2D eigenvalue weighted by molar-refractivity contribution is -0.111. The minimum Gasteiger partial charge on any atom is -0.385 e. The van der Waals surface area contributed by atoms with Crippen LogP contribution < -0.4 is 0 Å². The quantitative estimate of drug-likeness (QED) is 0.538. The highest BCUT2D eigenvalue weighted by molar-refractivity contribution is 6.05. The van der Waals surface area contributed by atoms with Gasteiger partial charge in [0.1, 0.15) is 0 Å². The van der Waals surface area contributed by atoms with Crippen molar-refractivity contribution in [3.63, 3.8) is 0 Å². The van der Waals surface area contributed by atoms with Gasteiger partial charge in [0.05, 0.1) is 6.10 Å². The van der Waals surface area contributed by atoms with Gasteiger partial charge in [-0.15, -0.1) is 0 Å². The molecule has 0 aromatic rings. The number of aliphatic hydroxyl groups excluding tert-OH is 1. The molecule has 1 aliphatic carbocycles. The molecule has 54 valence electrons. The van der Waals surface area contributed by atoms with Gasteiger partial charge in [-0.1, -0.05) is 0 Å². The summed E-state index contributed by atoms with van der Waals surface area (Å²) in [6.45, 7) is 3.49. The van der Waals surface area contributed by atoms with Crippen molar-refractivity contribution in [2.75, 3.05) is 0 Å². The fraction of sp³-hybridized carbons (Fsp3) is 0.375. The maximum Gasteiger partial charge on any atom is 0.181 e. The number of rotatable bonds is 0. The van der Waals surface area contributed by atoms with E-state index < -0.39 is 6.10 Å². The van der Waals surface area contributed by atoms with Crippen LogP contribution in [0.5, 0.6) is 0 Å². The van der Waals surface area contributed by atoms with Crippen molar-refractivity contribution >= 4 is 5.78 Å². The van der Waals surface area contributed by atoms with Crippen LogP contribution in [0.3, 0.4) is 0 Å². The zero-order valence-electron chi connectivity index (χ0n) is 6.09. The summed E-state index contributed by atoms with van der Waals surface area (Å²) in [4.78, 5) is 10.9. The molecule has 0 amide bonds. The number of ketones is 1. The van der Waals surface area contributed by atoms with Crippen LogP contribution in [0, 0.1) is 0 Å². The maximum atomic E-state index is 10.9. The van der Waals surface area contributed by atoms with Crippen LogP contribution in [0.25, 0.3) is 0 Å². The summed E-state index contributed by atoms with van der Waals surface area (Å²) in [6, 6.07) is 0. The second kappa shape index (κ2) is 2.39. The van der Waals surface area contributed by atoms with Crippen LogP contribution in [-0.4, -0.2) is 17.0 Å². The first-order valence-corrected chi connectivity index (χ1v) is 3.21. The van der Waals surface area contributed by atoms with Gasteiger partial charge in [-0.3, -0.25) is 4.79 Å². The standard InChI is InChI=1S/C8H10O2/c1-5-6(2)8(10)4-3-7(5)9/h3-4,7,9H,1-2H3. The number of carbonyl (C=O) groups is 1. The Hall–Kier alpha value is -0.890. The Morgan fingerprint density at radius 2 is 2.10 bits per heavy atom. The molecule has 0 aromatic heterocycles. The third-order valence-electron chi connectivity index (χ3n) is 1.83. The van der Waals surface area contributed by atoms with Gasteiger partial charge in [-0.05, 0) is 37.1 Å². The van der Waals surface area contributed by atoms with Gasteiger partial charge in [0.15, 0.2) is 5.78 Å². The molecular formula is C8H10O2. The lowest BCUT2D eigenvalue weighted by Gasteiger charge is -2.13. The monoisotopic (exact) mass is 138 g/mol. The van der Waals surface area contributed by atoms with Crippen molar-refractivity contribution in [3.8, 4) is 0 Å². The Balaban J connectivity index is 3.00. The molecular weight excluding hydrogens is 128 g/mol. The van der Waals surface area contributed by atoms with E-state index in [1.54, 1.807) is 13.8 Å². The third-order valence-corrected chi connectivity index (χ3v) is 1.83. The van der Waals surface area contributed by atoms with E-state index in [1.165, 1.54) is 12.2 Å².